The van der Waals surface area contributed by atoms with Crippen LogP contribution in [0.1, 0.15) is 117 Å². The zero-order chi connectivity index (χ0) is 82.6. The van der Waals surface area contributed by atoms with Gasteiger partial charge in [-0.1, -0.05) is 97.1 Å². The molecule has 31 heteroatoms. The number of methoxy groups -OCH3 is 1. The number of hydrogen-bond acceptors (Lipinski definition) is 24. The van der Waals surface area contributed by atoms with Crippen molar-refractivity contribution < 1.29 is 34.8 Å². The molecule has 5 aliphatic rings. The average Bonchev–Trinajstić information content (AvgIpc) is 1.62. The van der Waals surface area contributed by atoms with Gasteiger partial charge >= 0.3 is 5.97 Å². The summed E-state index contributed by atoms with van der Waals surface area (Å²) < 4.78 is 82.8. The third-order valence-corrected chi connectivity index (χ3v) is 26.5. The molecule has 12 aromatic rings. The topological polar surface area (TPSA) is 414 Å². The minimum absolute atomic E-state index is 0.128. The second kappa shape index (κ2) is 35.5. The number of benzene rings is 4. The maximum Gasteiger partial charge on any atom is 0.305 e. The van der Waals surface area contributed by atoms with Crippen LogP contribution in [0.4, 0.5) is 23.3 Å². The number of aryl methyl sites for hydroxylation is 4. The van der Waals surface area contributed by atoms with E-state index in [1.807, 2.05) is 84.9 Å². The van der Waals surface area contributed by atoms with E-state index >= 15 is 0 Å². The Morgan fingerprint density at radius 2 is 0.786 bits per heavy atom. The SMILES string of the molecule is CN(C)CC1CC(n2cc(-c3cccc(CCS(C)(=O)=O)c3)c3c(N)ncnc32)C1.COC(=O)CCc1cccc(-c2cn(C3CC(CN4CCC4)C3)c3ncnc(N)c23)c1.CS(=O)(=O)CCc1cccc(-c2cn(C3CC(CN)C3)c3ncnc(N)c23)c1.CS(=O)(=O)CCc1cccc(-c2cn([C@H]3CC[C@H](N)C3)c3ncnc(N)c23)c1. The number of sulfone groups is 3. The summed E-state index contributed by atoms with van der Waals surface area (Å²) in [6.45, 7) is 5.55. The quantitative estimate of drug-likeness (QED) is 0.0289. The van der Waals surface area contributed by atoms with E-state index < -0.39 is 29.5 Å². The fourth-order valence-corrected chi connectivity index (χ4v) is 19.0. The van der Waals surface area contributed by atoms with E-state index in [9.17, 15) is 30.0 Å². The first-order chi connectivity index (χ1) is 56.0. The number of ether oxygens (including phenoxy) is 1. The molecular weight excluding hydrogens is 1540 g/mol. The molecule has 4 aliphatic carbocycles. The van der Waals surface area contributed by atoms with Crippen molar-refractivity contribution in [3.8, 4) is 44.5 Å². The smallest absolute Gasteiger partial charge is 0.305 e. The number of rotatable bonds is 25. The Labute approximate surface area is 684 Å². The number of carbonyl (C=O) groups excluding carboxylic acids is 1. The molecule has 0 bridgehead atoms. The molecule has 117 heavy (non-hydrogen) atoms. The molecule has 0 spiro atoms. The molecular formula is C86H108N20O8S3. The van der Waals surface area contributed by atoms with Crippen molar-refractivity contribution in [2.75, 3.05) is 113 Å². The normalized spacial score (nSPS) is 20.0. The molecule has 5 fully saturated rings. The van der Waals surface area contributed by atoms with Crippen molar-refractivity contribution in [1.29, 1.82) is 0 Å². The molecule has 1 saturated heterocycles. The largest absolute Gasteiger partial charge is 0.469 e. The molecule has 17 rings (SSSR count). The van der Waals surface area contributed by atoms with Crippen molar-refractivity contribution in [3.05, 3.63) is 169 Å². The Kier molecular flexibility index (Phi) is 25.2. The first-order valence-corrected chi connectivity index (χ1v) is 46.4. The van der Waals surface area contributed by atoms with Crippen LogP contribution >= 0.6 is 0 Å². The van der Waals surface area contributed by atoms with E-state index in [1.165, 1.54) is 83.8 Å². The van der Waals surface area contributed by atoms with Crippen LogP contribution < -0.4 is 34.4 Å². The lowest BCUT2D eigenvalue weighted by molar-refractivity contribution is -0.140. The van der Waals surface area contributed by atoms with Gasteiger partial charge in [0.15, 0.2) is 0 Å². The molecule has 8 aromatic heterocycles. The van der Waals surface area contributed by atoms with Crippen molar-refractivity contribution in [1.82, 2.24) is 67.9 Å². The zero-order valence-electron chi connectivity index (χ0n) is 67.5. The highest BCUT2D eigenvalue weighted by Gasteiger charge is 2.37. The summed E-state index contributed by atoms with van der Waals surface area (Å²) in [4.78, 5) is 51.3. The first-order valence-electron chi connectivity index (χ1n) is 40.2. The van der Waals surface area contributed by atoms with Crippen LogP contribution in [0.15, 0.2) is 147 Å². The lowest BCUT2D eigenvalue weighted by atomic mass is 9.79. The van der Waals surface area contributed by atoms with Gasteiger partial charge in [0.25, 0.3) is 0 Å². The average molecular weight is 1650 g/mol. The summed E-state index contributed by atoms with van der Waals surface area (Å²) in [7, 11) is -3.38. The molecule has 28 nitrogen and oxygen atoms in total. The summed E-state index contributed by atoms with van der Waals surface area (Å²) in [6, 6.07) is 33.9. The van der Waals surface area contributed by atoms with Gasteiger partial charge in [-0.2, -0.15) is 0 Å². The lowest BCUT2D eigenvalue weighted by Crippen LogP contribution is -2.43. The van der Waals surface area contributed by atoms with E-state index in [1.54, 1.807) is 6.33 Å². The number of aromatic nitrogens is 12. The van der Waals surface area contributed by atoms with Gasteiger partial charge in [0, 0.05) is 116 Å². The zero-order valence-corrected chi connectivity index (χ0v) is 69.9. The Hall–Kier alpha value is -10.3. The van der Waals surface area contributed by atoms with Crippen LogP contribution in [0.5, 0.6) is 0 Å². The molecule has 0 radical (unpaired) electrons. The van der Waals surface area contributed by atoms with Gasteiger partial charge < -0.3 is 67.2 Å². The van der Waals surface area contributed by atoms with E-state index in [0.717, 1.165) is 168 Å². The molecule has 2 atom stereocenters. The van der Waals surface area contributed by atoms with Crippen molar-refractivity contribution in [2.45, 2.75) is 127 Å². The number of nitrogen functional groups attached to an aromatic ring is 4. The second-order valence-corrected chi connectivity index (χ2v) is 39.8. The van der Waals surface area contributed by atoms with Crippen LogP contribution in [-0.2, 0) is 64.7 Å². The number of nitrogens with zero attached hydrogens (tertiary/aromatic N) is 14. The number of fused-ring (bicyclic) bond motifs is 4. The van der Waals surface area contributed by atoms with E-state index in [4.69, 9.17) is 39.1 Å². The van der Waals surface area contributed by atoms with E-state index in [2.05, 4.69) is 119 Å². The Morgan fingerprint density at radius 3 is 1.09 bits per heavy atom. The molecule has 0 amide bonds. The number of hydrogen-bond donors (Lipinski definition) is 6. The maximum absolute atomic E-state index is 11.6. The Bertz CT molecular complexity index is 5940. The molecule has 1 aliphatic heterocycles. The van der Waals surface area contributed by atoms with Crippen molar-refractivity contribution in [3.63, 3.8) is 0 Å². The van der Waals surface area contributed by atoms with Gasteiger partial charge in [0.1, 0.15) is 101 Å². The van der Waals surface area contributed by atoms with Gasteiger partial charge in [0.05, 0.1) is 45.9 Å². The van der Waals surface area contributed by atoms with Gasteiger partial charge in [-0.3, -0.25) is 4.79 Å². The highest BCUT2D eigenvalue weighted by Crippen LogP contribution is 2.47. The third kappa shape index (κ3) is 19.8. The molecule has 0 unspecified atom stereocenters. The van der Waals surface area contributed by atoms with Crippen LogP contribution in [0.3, 0.4) is 0 Å². The lowest BCUT2D eigenvalue weighted by Gasteiger charge is -2.42. The summed E-state index contributed by atoms with van der Waals surface area (Å²) in [6.07, 6.45) is 31.8. The van der Waals surface area contributed by atoms with Gasteiger partial charge in [-0.05, 0) is 186 Å². The van der Waals surface area contributed by atoms with E-state index in [0.29, 0.717) is 97.9 Å². The van der Waals surface area contributed by atoms with Crippen LogP contribution in [0.2, 0.25) is 0 Å². The van der Waals surface area contributed by atoms with Crippen LogP contribution in [0.25, 0.3) is 88.6 Å². The van der Waals surface area contributed by atoms with Crippen molar-refractivity contribution >= 4 is 103 Å². The summed E-state index contributed by atoms with van der Waals surface area (Å²) in [5.74, 6) is 4.11. The van der Waals surface area contributed by atoms with Gasteiger partial charge in [-0.25, -0.2) is 65.1 Å². The summed E-state index contributed by atoms with van der Waals surface area (Å²) >= 11 is 0. The molecule has 4 saturated carbocycles. The number of esters is 1. The summed E-state index contributed by atoms with van der Waals surface area (Å²) in [5.41, 5.74) is 52.4. The predicted octanol–water partition coefficient (Wildman–Crippen LogP) is 10.7. The Morgan fingerprint density at radius 1 is 0.453 bits per heavy atom. The predicted molar refractivity (Wildman–Crippen MR) is 465 cm³/mol. The second-order valence-electron chi connectivity index (χ2n) is 33.0. The van der Waals surface area contributed by atoms with Gasteiger partial charge in [-0.15, -0.1) is 0 Å². The third-order valence-electron chi connectivity index (χ3n) is 23.7. The fraction of sp³-hybridized carbons (Fsp3) is 0.430. The number of anilines is 4. The standard InChI is InChI=1S/C24H29N5O2.C22H29N5O2S.2C20H25N5O2S/c1-31-21(30)7-6-16-4-2-5-18(10-16)20-14-29(24-22(20)23(25)26-15-27-24)19-11-17(12-19)13-28-8-3-9-28;1-26(2)12-16-10-18(11-16)27-13-19(20-21(23)24-14-25-22(20)27)17-6-4-5-15(9-17)7-8-30(3,28)29;1-28(26,27)6-5-13-3-2-4-15(7-13)17-11-25(16-8-14(9-16)10-21)20-18(17)19(22)23-12-24-20;1-28(26,27)8-7-13-3-2-4-14(9-13)17-11-25(16-6-5-15(21)10-16)20-18(17)19(22)23-12-24-20/h2,4-5,10,14-15,17,19H,3,6-9,11-13H2,1H3,(H2,25,26,27);4-6,9,13-14,16,18H,7-8,10-12H2,1-3H3,(H2,23,24,25);2-4,7,11-12,14,16H,5-6,8-10,21H2,1H3,(H2,22,23,24);2-4,9,11-12,15-16H,5-8,10,21H2,1H3,(H2,22,23,24)/t;;;15-,16-/m...0/s1. The first kappa shape index (κ1) is 83.2. The molecule has 4 aromatic carbocycles. The monoisotopic (exact) mass is 1640 g/mol. The molecule has 618 valence electrons. The Balaban J connectivity index is 0.000000129. The minimum atomic E-state index is -3.01. The van der Waals surface area contributed by atoms with Gasteiger partial charge in [0.2, 0.25) is 0 Å². The van der Waals surface area contributed by atoms with Crippen molar-refractivity contribution in [2.24, 2.45) is 29.2 Å². The van der Waals surface area contributed by atoms with Crippen LogP contribution in [0, 0.1) is 17.8 Å². The molecule has 12 N–H and O–H groups in total. The molecule has 9 heterocycles. The maximum atomic E-state index is 11.6. The van der Waals surface area contributed by atoms with Crippen LogP contribution in [-0.4, -0.2) is 195 Å². The highest BCUT2D eigenvalue weighted by molar-refractivity contribution is 7.91. The summed E-state index contributed by atoms with van der Waals surface area (Å²) in [5, 5.41) is 3.47. The highest BCUT2D eigenvalue weighted by atomic mass is 32.2. The fourth-order valence-electron chi connectivity index (χ4n) is 17.2. The minimum Gasteiger partial charge on any atom is -0.469 e. The number of carbonyl (C=O) groups is 1. The van der Waals surface area contributed by atoms with E-state index in [-0.39, 0.29) is 29.3 Å². The number of likely N-dealkylation sites (tertiary alicyclic amines) is 1. The number of nitrogens with two attached hydrogens (primary N) is 6.